The number of aromatic hydroxyl groups is 1. The van der Waals surface area contributed by atoms with Gasteiger partial charge in [0.25, 0.3) is 0 Å². The fourth-order valence-corrected chi connectivity index (χ4v) is 1.18. The first-order valence-corrected chi connectivity index (χ1v) is 4.78. The molecule has 4 nitrogen and oxygen atoms in total. The summed E-state index contributed by atoms with van der Waals surface area (Å²) in [5, 5.41) is 9.32. The summed E-state index contributed by atoms with van der Waals surface area (Å²) in [4.78, 5) is 11.0. The van der Waals surface area contributed by atoms with E-state index in [0.717, 1.165) is 0 Å². The van der Waals surface area contributed by atoms with Crippen LogP contribution in [0.1, 0.15) is 6.92 Å². The van der Waals surface area contributed by atoms with E-state index in [4.69, 9.17) is 21.4 Å². The number of hydrogen-bond donors (Lipinski definition) is 1. The maximum Gasteiger partial charge on any atom is 0.344 e. The minimum Gasteiger partial charge on any atom is -0.508 e. The number of phenols is 1. The third kappa shape index (κ3) is 3.67. The van der Waals surface area contributed by atoms with Gasteiger partial charge in [-0.25, -0.2) is 4.79 Å². The van der Waals surface area contributed by atoms with Crippen LogP contribution >= 0.6 is 11.6 Å². The van der Waals surface area contributed by atoms with E-state index in [1.165, 1.54) is 18.2 Å². The van der Waals surface area contributed by atoms with Crippen LogP contribution in [0.2, 0.25) is 5.02 Å². The molecule has 0 aliphatic carbocycles. The maximum atomic E-state index is 11.0. The van der Waals surface area contributed by atoms with Crippen molar-refractivity contribution in [2.75, 3.05) is 13.2 Å². The Labute approximate surface area is 92.4 Å². The number of ether oxygens (including phenoxy) is 2. The van der Waals surface area contributed by atoms with Crippen molar-refractivity contribution in [1.29, 1.82) is 0 Å². The highest BCUT2D eigenvalue weighted by atomic mass is 35.5. The lowest BCUT2D eigenvalue weighted by atomic mass is 10.3. The molecular formula is C10H11ClO4. The van der Waals surface area contributed by atoms with Gasteiger partial charge in [-0.3, -0.25) is 0 Å². The lowest BCUT2D eigenvalue weighted by Crippen LogP contribution is -2.14. The molecule has 0 aromatic heterocycles. The number of benzene rings is 1. The van der Waals surface area contributed by atoms with Crippen molar-refractivity contribution < 1.29 is 19.4 Å². The van der Waals surface area contributed by atoms with Gasteiger partial charge in [0.05, 0.1) is 11.6 Å². The summed E-state index contributed by atoms with van der Waals surface area (Å²) in [6.07, 6.45) is 0. The molecular weight excluding hydrogens is 220 g/mol. The Hall–Kier alpha value is -1.42. The van der Waals surface area contributed by atoms with Crippen LogP contribution < -0.4 is 4.74 Å². The molecule has 1 aromatic rings. The van der Waals surface area contributed by atoms with Crippen molar-refractivity contribution in [2.45, 2.75) is 6.92 Å². The number of esters is 1. The molecule has 5 heteroatoms. The zero-order valence-corrected chi connectivity index (χ0v) is 8.95. The van der Waals surface area contributed by atoms with Crippen molar-refractivity contribution in [2.24, 2.45) is 0 Å². The minimum atomic E-state index is -0.457. The molecule has 0 spiro atoms. The average Bonchev–Trinajstić information content (AvgIpc) is 2.17. The predicted molar refractivity (Wildman–Crippen MR) is 55.2 cm³/mol. The summed E-state index contributed by atoms with van der Waals surface area (Å²) in [7, 11) is 0. The molecule has 1 rings (SSSR count). The van der Waals surface area contributed by atoms with E-state index >= 15 is 0 Å². The molecule has 0 amide bonds. The Bertz CT molecular complexity index is 351. The van der Waals surface area contributed by atoms with Crippen LogP contribution in [-0.2, 0) is 9.53 Å². The molecule has 0 heterocycles. The Morgan fingerprint density at radius 1 is 1.53 bits per heavy atom. The molecule has 82 valence electrons. The molecule has 0 unspecified atom stereocenters. The molecule has 0 saturated carbocycles. The number of carbonyl (C=O) groups is 1. The van der Waals surface area contributed by atoms with Gasteiger partial charge in [0.15, 0.2) is 6.61 Å². The van der Waals surface area contributed by atoms with Crippen LogP contribution in [0.3, 0.4) is 0 Å². The Morgan fingerprint density at radius 2 is 2.27 bits per heavy atom. The lowest BCUT2D eigenvalue weighted by molar-refractivity contribution is -0.145. The smallest absolute Gasteiger partial charge is 0.344 e. The van der Waals surface area contributed by atoms with Crippen LogP contribution in [0, 0.1) is 0 Å². The Kier molecular flexibility index (Phi) is 4.24. The van der Waals surface area contributed by atoms with Crippen molar-refractivity contribution in [1.82, 2.24) is 0 Å². The first kappa shape index (κ1) is 11.7. The summed E-state index contributed by atoms with van der Waals surface area (Å²) < 4.78 is 9.76. The highest BCUT2D eigenvalue weighted by molar-refractivity contribution is 6.32. The van der Waals surface area contributed by atoms with Gasteiger partial charge in [-0.15, -0.1) is 0 Å². The maximum absolute atomic E-state index is 11.0. The van der Waals surface area contributed by atoms with Crippen molar-refractivity contribution in [3.63, 3.8) is 0 Å². The molecule has 1 aromatic carbocycles. The van der Waals surface area contributed by atoms with Gasteiger partial charge in [-0.1, -0.05) is 11.6 Å². The van der Waals surface area contributed by atoms with Crippen LogP contribution in [0.4, 0.5) is 0 Å². The number of carbonyl (C=O) groups excluding carboxylic acids is 1. The summed E-state index contributed by atoms with van der Waals surface area (Å²) in [5.74, 6) is -0.0763. The average molecular weight is 231 g/mol. The third-order valence-corrected chi connectivity index (χ3v) is 1.86. The molecule has 15 heavy (non-hydrogen) atoms. The van der Waals surface area contributed by atoms with Crippen LogP contribution in [0.5, 0.6) is 11.5 Å². The Morgan fingerprint density at radius 3 is 2.87 bits per heavy atom. The van der Waals surface area contributed by atoms with Gasteiger partial charge in [-0.2, -0.15) is 0 Å². The number of hydrogen-bond acceptors (Lipinski definition) is 4. The molecule has 0 fully saturated rings. The summed E-state index contributed by atoms with van der Waals surface area (Å²) in [5.41, 5.74) is 0. The van der Waals surface area contributed by atoms with E-state index in [2.05, 4.69) is 4.74 Å². The number of halogens is 1. The second-order valence-corrected chi connectivity index (χ2v) is 3.12. The van der Waals surface area contributed by atoms with E-state index in [1.54, 1.807) is 6.92 Å². The van der Waals surface area contributed by atoms with Crippen LogP contribution in [-0.4, -0.2) is 24.3 Å². The number of rotatable bonds is 4. The molecule has 0 atom stereocenters. The highest BCUT2D eigenvalue weighted by Gasteiger charge is 2.06. The largest absolute Gasteiger partial charge is 0.508 e. The third-order valence-electron chi connectivity index (χ3n) is 1.57. The molecule has 0 aliphatic heterocycles. The molecule has 0 aliphatic rings. The summed E-state index contributed by atoms with van der Waals surface area (Å²) in [6.45, 7) is 1.83. The van der Waals surface area contributed by atoms with E-state index in [0.29, 0.717) is 12.4 Å². The first-order valence-electron chi connectivity index (χ1n) is 4.40. The van der Waals surface area contributed by atoms with Crippen molar-refractivity contribution in [3.8, 4) is 11.5 Å². The second-order valence-electron chi connectivity index (χ2n) is 2.71. The minimum absolute atomic E-state index is 0.0449. The molecule has 0 saturated heterocycles. The SMILES string of the molecule is CCOC(=O)COc1ccc(O)cc1Cl. The van der Waals surface area contributed by atoms with Crippen LogP contribution in [0.15, 0.2) is 18.2 Å². The van der Waals surface area contributed by atoms with Gasteiger partial charge < -0.3 is 14.6 Å². The summed E-state index contributed by atoms with van der Waals surface area (Å²) >= 11 is 5.75. The van der Waals surface area contributed by atoms with E-state index in [-0.39, 0.29) is 17.4 Å². The lowest BCUT2D eigenvalue weighted by Gasteiger charge is -2.07. The van der Waals surface area contributed by atoms with Crippen molar-refractivity contribution in [3.05, 3.63) is 23.2 Å². The van der Waals surface area contributed by atoms with Crippen LogP contribution in [0.25, 0.3) is 0 Å². The van der Waals surface area contributed by atoms with Gasteiger partial charge >= 0.3 is 5.97 Å². The van der Waals surface area contributed by atoms with E-state index < -0.39 is 5.97 Å². The first-order chi connectivity index (χ1) is 7.13. The van der Waals surface area contributed by atoms with E-state index in [1.807, 2.05) is 0 Å². The van der Waals surface area contributed by atoms with Gasteiger partial charge in [0.2, 0.25) is 0 Å². The highest BCUT2D eigenvalue weighted by Crippen LogP contribution is 2.27. The zero-order valence-electron chi connectivity index (χ0n) is 8.20. The predicted octanol–water partition coefficient (Wildman–Crippen LogP) is 1.99. The standard InChI is InChI=1S/C10H11ClO4/c1-2-14-10(13)6-15-9-4-3-7(12)5-8(9)11/h3-5,12H,2,6H2,1H3. The molecule has 0 radical (unpaired) electrons. The Balaban J connectivity index is 2.54. The van der Waals surface area contributed by atoms with Crippen molar-refractivity contribution >= 4 is 17.6 Å². The van der Waals surface area contributed by atoms with Gasteiger partial charge in [0.1, 0.15) is 11.5 Å². The zero-order chi connectivity index (χ0) is 11.3. The summed E-state index contributed by atoms with van der Waals surface area (Å²) in [6, 6.07) is 4.24. The van der Waals surface area contributed by atoms with Gasteiger partial charge in [-0.05, 0) is 19.1 Å². The second kappa shape index (κ2) is 5.46. The molecule has 1 N–H and O–H groups in total. The topological polar surface area (TPSA) is 55.8 Å². The fraction of sp³-hybridized carbons (Fsp3) is 0.300. The fourth-order valence-electron chi connectivity index (χ4n) is 0.946. The monoisotopic (exact) mass is 230 g/mol. The molecule has 0 bridgehead atoms. The normalized spacial score (nSPS) is 9.73. The number of phenolic OH excluding ortho intramolecular Hbond substituents is 1. The van der Waals surface area contributed by atoms with Gasteiger partial charge in [0, 0.05) is 6.07 Å². The quantitative estimate of drug-likeness (QED) is 0.804. The van der Waals surface area contributed by atoms with E-state index in [9.17, 15) is 4.79 Å².